The van der Waals surface area contributed by atoms with E-state index in [1.54, 1.807) is 0 Å². The first-order valence-corrected chi connectivity index (χ1v) is 1.84. The van der Waals surface area contributed by atoms with Gasteiger partial charge in [-0.1, -0.05) is 0 Å². The van der Waals surface area contributed by atoms with Gasteiger partial charge < -0.3 is 45.0 Å². The molecule has 0 saturated carbocycles. The fourth-order valence-electron chi connectivity index (χ4n) is 0. The molecule has 0 spiro atoms. The minimum absolute atomic E-state index is 0. The molecule has 0 aromatic carbocycles. The van der Waals surface area contributed by atoms with Gasteiger partial charge in [0.1, 0.15) is 0 Å². The van der Waals surface area contributed by atoms with Crippen LogP contribution in [-0.4, -0.2) is 18.5 Å². The van der Waals surface area contributed by atoms with Crippen LogP contribution in [0.4, 0.5) is 14.4 Å². The molecule has 0 aliphatic carbocycles. The van der Waals surface area contributed by atoms with Crippen molar-refractivity contribution in [3.63, 3.8) is 0 Å². The third-order valence-electron chi connectivity index (χ3n) is 0. The summed E-state index contributed by atoms with van der Waals surface area (Å²) >= 11 is 0. The van der Waals surface area contributed by atoms with Crippen molar-refractivity contribution in [2.75, 3.05) is 0 Å². The van der Waals surface area contributed by atoms with Crippen molar-refractivity contribution >= 4 is 18.5 Å². The molecule has 0 amide bonds. The summed E-state index contributed by atoms with van der Waals surface area (Å²) in [6.07, 6.45) is -7.00. The van der Waals surface area contributed by atoms with E-state index in [0.29, 0.717) is 0 Å². The topological polar surface area (TPSA) is 190 Å². The smallest absolute Gasteiger partial charge is 0.652 e. The Morgan fingerprint density at radius 2 is 0.500 bits per heavy atom. The molecule has 9 nitrogen and oxygen atoms in total. The van der Waals surface area contributed by atoms with E-state index in [1.807, 2.05) is 0 Å². The Hall–Kier alpha value is -0.450. The number of carbonyl (C=O) groups is 3. The van der Waals surface area contributed by atoms with Gasteiger partial charge in [-0.3, -0.25) is 0 Å². The van der Waals surface area contributed by atoms with Gasteiger partial charge in [0.2, 0.25) is 0 Å². The quantitative estimate of drug-likeness (QED) is 0.411. The second kappa shape index (κ2) is 22.9. The van der Waals surface area contributed by atoms with Crippen molar-refractivity contribution in [2.24, 2.45) is 0 Å². The fourth-order valence-corrected chi connectivity index (χ4v) is 0. The van der Waals surface area contributed by atoms with Gasteiger partial charge in [-0.15, -0.1) is 0 Å². The SMILES string of the molecule is O=C([O-])[O-].O=C([O-])[O-].O=C([O-])[O-].[Sc+3].[Sc+3]. The van der Waals surface area contributed by atoms with E-state index >= 15 is 0 Å². The van der Waals surface area contributed by atoms with Crippen LogP contribution in [0.25, 0.3) is 0 Å². The van der Waals surface area contributed by atoms with Crippen molar-refractivity contribution in [1.82, 2.24) is 0 Å². The Kier molecular flexibility index (Phi) is 47.8. The molecular formula is C3O9Sc2. The van der Waals surface area contributed by atoms with E-state index in [1.165, 1.54) is 0 Å². The molecule has 0 aromatic rings. The zero-order valence-corrected chi connectivity index (χ0v) is 9.94. The van der Waals surface area contributed by atoms with Gasteiger partial charge in [0.25, 0.3) is 0 Å². The Bertz CT molecular complexity index is 116. The van der Waals surface area contributed by atoms with Crippen LogP contribution in [0.2, 0.25) is 0 Å². The van der Waals surface area contributed by atoms with Crippen molar-refractivity contribution in [2.45, 2.75) is 0 Å². The van der Waals surface area contributed by atoms with Gasteiger partial charge in [-0.25, -0.2) is 0 Å². The van der Waals surface area contributed by atoms with Crippen LogP contribution in [-0.2, 0) is 51.7 Å². The van der Waals surface area contributed by atoms with Crippen LogP contribution in [0.3, 0.4) is 0 Å². The summed E-state index contributed by atoms with van der Waals surface area (Å²) in [6.45, 7) is 0. The molecule has 0 aromatic heterocycles. The summed E-state index contributed by atoms with van der Waals surface area (Å²) in [5, 5.41) is 50.0. The number of rotatable bonds is 0. The number of carboxylic acid groups (broad SMARTS) is 6. The van der Waals surface area contributed by atoms with Crippen LogP contribution in [0, 0.1) is 0 Å². The van der Waals surface area contributed by atoms with Gasteiger partial charge in [0.15, 0.2) is 0 Å². The van der Waals surface area contributed by atoms with E-state index in [-0.39, 0.29) is 51.7 Å². The summed E-state index contributed by atoms with van der Waals surface area (Å²) in [4.78, 5) is 25.0. The molecule has 0 rings (SSSR count). The average molecular weight is 270 g/mol. The molecule has 0 aliphatic rings. The molecular weight excluding hydrogens is 270 g/mol. The fraction of sp³-hybridized carbons (Fsp3) is 0. The van der Waals surface area contributed by atoms with Gasteiger partial charge in [-0.2, -0.15) is 0 Å². The first-order chi connectivity index (χ1) is 5.20. The van der Waals surface area contributed by atoms with E-state index < -0.39 is 18.5 Å². The van der Waals surface area contributed by atoms with Crippen molar-refractivity contribution in [3.8, 4) is 0 Å². The van der Waals surface area contributed by atoms with E-state index in [4.69, 9.17) is 45.0 Å². The maximum absolute atomic E-state index is 8.33. The third-order valence-corrected chi connectivity index (χ3v) is 0. The van der Waals surface area contributed by atoms with Gasteiger partial charge in [0, 0.05) is 0 Å². The molecule has 11 heteroatoms. The molecule has 0 saturated heterocycles. The van der Waals surface area contributed by atoms with E-state index in [9.17, 15) is 0 Å². The maximum Gasteiger partial charge on any atom is 3.00 e. The van der Waals surface area contributed by atoms with Crippen LogP contribution in [0.1, 0.15) is 0 Å². The Balaban J connectivity index is -0.0000000270. The normalized spacial score (nSPS) is 5.14. The zero-order chi connectivity index (χ0) is 10.7. The average Bonchev–Trinajstić information content (AvgIpc) is 1.54. The van der Waals surface area contributed by atoms with Gasteiger partial charge in [-0.05, 0) is 18.5 Å². The predicted octanol–water partition coefficient (Wildman–Crippen LogP) is -7.35. The minimum Gasteiger partial charge on any atom is -0.652 e. The summed E-state index contributed by atoms with van der Waals surface area (Å²) in [7, 11) is 0. The molecule has 0 aliphatic heterocycles. The van der Waals surface area contributed by atoms with E-state index in [0.717, 1.165) is 0 Å². The molecule has 0 atom stereocenters. The van der Waals surface area contributed by atoms with Gasteiger partial charge >= 0.3 is 51.7 Å². The van der Waals surface area contributed by atoms with E-state index in [2.05, 4.69) is 0 Å². The van der Waals surface area contributed by atoms with Crippen LogP contribution >= 0.6 is 0 Å². The largest absolute Gasteiger partial charge is 3.00 e. The van der Waals surface area contributed by atoms with Crippen molar-refractivity contribution < 1.29 is 96.7 Å². The Morgan fingerprint density at radius 1 is 0.500 bits per heavy atom. The molecule has 0 heterocycles. The number of hydrogen-bond donors (Lipinski definition) is 0. The Labute approximate surface area is 115 Å². The first kappa shape index (κ1) is 29.2. The second-order valence-corrected chi connectivity index (χ2v) is 0.750. The zero-order valence-electron chi connectivity index (χ0n) is 6.33. The Morgan fingerprint density at radius 3 is 0.500 bits per heavy atom. The minimum atomic E-state index is -2.33. The predicted molar refractivity (Wildman–Crippen MR) is 16.2 cm³/mol. The number of carbonyl (C=O) groups excluding carboxylic acids is 3. The molecule has 0 unspecified atom stereocenters. The summed E-state index contributed by atoms with van der Waals surface area (Å²) in [6, 6.07) is 0. The third kappa shape index (κ3) is 6360. The molecule has 0 fully saturated rings. The molecule has 14 heavy (non-hydrogen) atoms. The summed E-state index contributed by atoms with van der Waals surface area (Å²) in [5.74, 6) is 0. The van der Waals surface area contributed by atoms with Crippen molar-refractivity contribution in [1.29, 1.82) is 0 Å². The maximum atomic E-state index is 8.33. The number of hydrogen-bond acceptors (Lipinski definition) is 9. The molecule has 0 bridgehead atoms. The van der Waals surface area contributed by atoms with Crippen LogP contribution in [0.5, 0.6) is 0 Å². The van der Waals surface area contributed by atoms with Crippen LogP contribution in [0.15, 0.2) is 0 Å². The first-order valence-electron chi connectivity index (χ1n) is 1.84. The summed E-state index contributed by atoms with van der Waals surface area (Å²) < 4.78 is 0. The standard InChI is InChI=1S/3CH2O3.2Sc/c3*2-1(3)4;;/h3*(H2,2,3,4);;/q;;;2*+3/p-6. The van der Waals surface area contributed by atoms with Gasteiger partial charge in [0.05, 0.1) is 0 Å². The molecule has 0 radical (unpaired) electrons. The molecule has 72 valence electrons. The van der Waals surface area contributed by atoms with Crippen molar-refractivity contribution in [3.05, 3.63) is 0 Å². The van der Waals surface area contributed by atoms with Crippen LogP contribution < -0.4 is 30.6 Å². The molecule has 0 N–H and O–H groups in total. The summed E-state index contributed by atoms with van der Waals surface area (Å²) in [5.41, 5.74) is 0. The monoisotopic (exact) mass is 270 g/mol. The second-order valence-electron chi connectivity index (χ2n) is 0.750.